The Morgan fingerprint density at radius 2 is 1.70 bits per heavy atom. The Bertz CT molecular complexity index is 1100. The molecule has 8 heteroatoms. The van der Waals surface area contributed by atoms with Crippen molar-refractivity contribution in [3.8, 4) is 34.1 Å². The largest absolute Gasteiger partial charge is 0.496 e. The molecule has 0 atom stereocenters. The highest BCUT2D eigenvalue weighted by Crippen LogP contribution is 2.29. The number of benzene rings is 2. The van der Waals surface area contributed by atoms with E-state index in [2.05, 4.69) is 38.8 Å². The first-order valence-electron chi connectivity index (χ1n) is 8.48. The van der Waals surface area contributed by atoms with Crippen molar-refractivity contribution in [1.29, 1.82) is 0 Å². The van der Waals surface area contributed by atoms with Gasteiger partial charge in [-0.1, -0.05) is 29.5 Å². The van der Waals surface area contributed by atoms with Crippen LogP contribution >= 0.6 is 0 Å². The SMILES string of the molecule is COc1cc(-n2nncc2-c2ccc(-c3nnnn3C)cc2)cc(C)c1C. The van der Waals surface area contributed by atoms with E-state index in [0.29, 0.717) is 5.82 Å². The van der Waals surface area contributed by atoms with Gasteiger partial charge in [0.05, 0.1) is 24.7 Å². The van der Waals surface area contributed by atoms with Crippen LogP contribution in [0, 0.1) is 13.8 Å². The highest BCUT2D eigenvalue weighted by molar-refractivity contribution is 5.66. The van der Waals surface area contributed by atoms with Gasteiger partial charge in [0.15, 0.2) is 5.82 Å². The Labute approximate surface area is 156 Å². The van der Waals surface area contributed by atoms with E-state index < -0.39 is 0 Å². The Morgan fingerprint density at radius 3 is 2.37 bits per heavy atom. The summed E-state index contributed by atoms with van der Waals surface area (Å²) in [6.45, 7) is 4.10. The molecule has 4 aromatic rings. The van der Waals surface area contributed by atoms with Crippen molar-refractivity contribution in [2.45, 2.75) is 13.8 Å². The minimum absolute atomic E-state index is 0.715. The first-order chi connectivity index (χ1) is 13.1. The molecule has 0 unspecified atom stereocenters. The maximum Gasteiger partial charge on any atom is 0.181 e. The normalized spacial score (nSPS) is 11.0. The number of hydrogen-bond acceptors (Lipinski definition) is 6. The van der Waals surface area contributed by atoms with Crippen LogP contribution in [0.1, 0.15) is 11.1 Å². The van der Waals surface area contributed by atoms with Gasteiger partial charge in [-0.25, -0.2) is 9.36 Å². The molecule has 8 nitrogen and oxygen atoms in total. The molecule has 0 fully saturated rings. The Balaban J connectivity index is 1.75. The summed E-state index contributed by atoms with van der Waals surface area (Å²) in [7, 11) is 3.49. The second kappa shape index (κ2) is 6.64. The van der Waals surface area contributed by atoms with Gasteiger partial charge in [0.1, 0.15) is 5.75 Å². The van der Waals surface area contributed by atoms with Gasteiger partial charge >= 0.3 is 0 Å². The fourth-order valence-electron chi connectivity index (χ4n) is 3.03. The molecule has 136 valence electrons. The zero-order valence-corrected chi connectivity index (χ0v) is 15.6. The molecule has 2 aromatic heterocycles. The molecule has 0 aliphatic rings. The molecule has 4 rings (SSSR count). The van der Waals surface area contributed by atoms with E-state index in [9.17, 15) is 0 Å². The van der Waals surface area contributed by atoms with Crippen LogP contribution in [0.15, 0.2) is 42.6 Å². The lowest BCUT2D eigenvalue weighted by atomic mass is 10.1. The fourth-order valence-corrected chi connectivity index (χ4v) is 3.03. The second-order valence-electron chi connectivity index (χ2n) is 6.32. The molecule has 0 N–H and O–H groups in total. The highest BCUT2D eigenvalue weighted by atomic mass is 16.5. The van der Waals surface area contributed by atoms with Crippen LogP contribution in [0.5, 0.6) is 5.75 Å². The lowest BCUT2D eigenvalue weighted by molar-refractivity contribution is 0.411. The van der Waals surface area contributed by atoms with Gasteiger partial charge in [-0.05, 0) is 41.5 Å². The smallest absolute Gasteiger partial charge is 0.181 e. The zero-order chi connectivity index (χ0) is 19.0. The van der Waals surface area contributed by atoms with E-state index in [1.54, 1.807) is 18.0 Å². The molecule has 0 saturated carbocycles. The fraction of sp³-hybridized carbons (Fsp3) is 0.211. The summed E-state index contributed by atoms with van der Waals surface area (Å²) in [4.78, 5) is 0. The third-order valence-corrected chi connectivity index (χ3v) is 4.68. The highest BCUT2D eigenvalue weighted by Gasteiger charge is 2.13. The monoisotopic (exact) mass is 361 g/mol. The Morgan fingerprint density at radius 1 is 0.963 bits per heavy atom. The van der Waals surface area contributed by atoms with Crippen molar-refractivity contribution in [1.82, 2.24) is 35.2 Å². The van der Waals surface area contributed by atoms with Crippen molar-refractivity contribution in [2.24, 2.45) is 7.05 Å². The summed E-state index contributed by atoms with van der Waals surface area (Å²) >= 11 is 0. The van der Waals surface area contributed by atoms with Crippen LogP contribution in [0.25, 0.3) is 28.3 Å². The molecule has 2 heterocycles. The number of rotatable bonds is 4. The molecule has 0 spiro atoms. The van der Waals surface area contributed by atoms with Crippen LogP contribution in [-0.2, 0) is 7.05 Å². The molecular weight excluding hydrogens is 342 g/mol. The van der Waals surface area contributed by atoms with Gasteiger partial charge in [-0.15, -0.1) is 10.2 Å². The number of methoxy groups -OCH3 is 1. The number of hydrogen-bond donors (Lipinski definition) is 0. The lowest BCUT2D eigenvalue weighted by Crippen LogP contribution is -2.02. The third kappa shape index (κ3) is 2.95. The number of aromatic nitrogens is 7. The summed E-state index contributed by atoms with van der Waals surface area (Å²) < 4.78 is 8.95. The van der Waals surface area contributed by atoms with Crippen LogP contribution in [0.3, 0.4) is 0 Å². The van der Waals surface area contributed by atoms with E-state index in [4.69, 9.17) is 4.74 Å². The lowest BCUT2D eigenvalue weighted by Gasteiger charge is -2.12. The maximum atomic E-state index is 5.50. The standard InChI is InChI=1S/C19H19N7O/c1-12-9-16(10-18(27-4)13(12)2)26-17(11-20-23-26)14-5-7-15(8-6-14)19-21-22-24-25(19)3/h5-11H,1-4H3. The molecule has 2 aromatic carbocycles. The van der Waals surface area contributed by atoms with Gasteiger partial charge < -0.3 is 4.74 Å². The summed E-state index contributed by atoms with van der Waals surface area (Å²) in [5, 5.41) is 20.0. The van der Waals surface area contributed by atoms with E-state index in [1.165, 1.54) is 0 Å². The number of tetrazole rings is 1. The van der Waals surface area contributed by atoms with E-state index in [1.807, 2.05) is 49.0 Å². The topological polar surface area (TPSA) is 83.5 Å². The first-order valence-corrected chi connectivity index (χ1v) is 8.48. The quantitative estimate of drug-likeness (QED) is 0.556. The summed E-state index contributed by atoms with van der Waals surface area (Å²) in [6.07, 6.45) is 1.75. The van der Waals surface area contributed by atoms with E-state index in [-0.39, 0.29) is 0 Å². The van der Waals surface area contributed by atoms with Crippen molar-refractivity contribution in [3.05, 3.63) is 53.7 Å². The molecule has 0 aliphatic carbocycles. The van der Waals surface area contributed by atoms with Gasteiger partial charge in [0.25, 0.3) is 0 Å². The molecular formula is C19H19N7O. The number of aryl methyl sites for hydroxylation is 2. The van der Waals surface area contributed by atoms with Crippen molar-refractivity contribution in [3.63, 3.8) is 0 Å². The Kier molecular flexibility index (Phi) is 4.15. The summed E-state index contributed by atoms with van der Waals surface area (Å²) in [6, 6.07) is 12.0. The first kappa shape index (κ1) is 16.9. The Hall–Kier alpha value is -3.55. The average molecular weight is 361 g/mol. The summed E-state index contributed by atoms with van der Waals surface area (Å²) in [5.74, 6) is 1.55. The predicted octanol–water partition coefficient (Wildman–Crippen LogP) is 2.75. The predicted molar refractivity (Wildman–Crippen MR) is 101 cm³/mol. The van der Waals surface area contributed by atoms with E-state index >= 15 is 0 Å². The molecule has 0 saturated heterocycles. The van der Waals surface area contributed by atoms with Crippen molar-refractivity contribution in [2.75, 3.05) is 7.11 Å². The van der Waals surface area contributed by atoms with Gasteiger partial charge in [-0.2, -0.15) is 0 Å². The summed E-state index contributed by atoms with van der Waals surface area (Å²) in [5.41, 5.74) is 5.99. The number of ether oxygens (including phenoxy) is 1. The van der Waals surface area contributed by atoms with Crippen LogP contribution in [-0.4, -0.2) is 42.3 Å². The third-order valence-electron chi connectivity index (χ3n) is 4.68. The van der Waals surface area contributed by atoms with Crippen LogP contribution < -0.4 is 4.74 Å². The molecule has 27 heavy (non-hydrogen) atoms. The van der Waals surface area contributed by atoms with Crippen LogP contribution in [0.2, 0.25) is 0 Å². The minimum atomic E-state index is 0.715. The van der Waals surface area contributed by atoms with Crippen LogP contribution in [0.4, 0.5) is 0 Å². The number of nitrogens with zero attached hydrogens (tertiary/aromatic N) is 7. The molecule has 0 radical (unpaired) electrons. The molecule has 0 amide bonds. The van der Waals surface area contributed by atoms with Crippen molar-refractivity contribution < 1.29 is 4.74 Å². The molecule has 0 aliphatic heterocycles. The van der Waals surface area contributed by atoms with Gasteiger partial charge in [0.2, 0.25) is 0 Å². The second-order valence-corrected chi connectivity index (χ2v) is 6.32. The van der Waals surface area contributed by atoms with Gasteiger partial charge in [0, 0.05) is 24.2 Å². The maximum absolute atomic E-state index is 5.50. The van der Waals surface area contributed by atoms with Crippen molar-refractivity contribution >= 4 is 0 Å². The van der Waals surface area contributed by atoms with E-state index in [0.717, 1.165) is 39.4 Å². The van der Waals surface area contributed by atoms with Gasteiger partial charge in [-0.3, -0.25) is 0 Å². The molecule has 0 bridgehead atoms. The minimum Gasteiger partial charge on any atom is -0.496 e. The zero-order valence-electron chi connectivity index (χ0n) is 15.6. The average Bonchev–Trinajstić information content (AvgIpc) is 3.33.